The van der Waals surface area contributed by atoms with Crippen LogP contribution in [0.1, 0.15) is 32.1 Å². The molecule has 3 fully saturated rings. The Bertz CT molecular complexity index is 165. The third-order valence-electron chi connectivity index (χ3n) is 3.86. The summed E-state index contributed by atoms with van der Waals surface area (Å²) in [6, 6.07) is 2.68. The van der Waals surface area contributed by atoms with Crippen molar-refractivity contribution in [1.82, 2.24) is 10.2 Å². The van der Waals surface area contributed by atoms with Gasteiger partial charge in [-0.1, -0.05) is 0 Å². The number of nitrogens with zero attached hydrogens (tertiary/aromatic N) is 1. The van der Waals surface area contributed by atoms with Crippen molar-refractivity contribution >= 4 is 0 Å². The van der Waals surface area contributed by atoms with Gasteiger partial charge in [0, 0.05) is 18.1 Å². The van der Waals surface area contributed by atoms with Crippen LogP contribution in [0.3, 0.4) is 0 Å². The summed E-state index contributed by atoms with van der Waals surface area (Å²) in [6.07, 6.45) is 7.18. The first-order chi connectivity index (χ1) is 5.92. The van der Waals surface area contributed by atoms with E-state index in [4.69, 9.17) is 0 Å². The fourth-order valence-corrected chi connectivity index (χ4v) is 3.03. The molecule has 0 aromatic heterocycles. The zero-order valence-electron chi connectivity index (χ0n) is 7.63. The summed E-state index contributed by atoms with van der Waals surface area (Å²) in [5.41, 5.74) is 0. The Hall–Kier alpha value is -0.0800. The second kappa shape index (κ2) is 2.71. The van der Waals surface area contributed by atoms with Crippen LogP contribution in [0.5, 0.6) is 0 Å². The van der Waals surface area contributed by atoms with Gasteiger partial charge in [0.15, 0.2) is 0 Å². The number of hydrogen-bond acceptors (Lipinski definition) is 2. The van der Waals surface area contributed by atoms with Gasteiger partial charge >= 0.3 is 0 Å². The highest BCUT2D eigenvalue weighted by Gasteiger charge is 2.37. The van der Waals surface area contributed by atoms with Gasteiger partial charge in [-0.2, -0.15) is 0 Å². The van der Waals surface area contributed by atoms with E-state index in [9.17, 15) is 0 Å². The first kappa shape index (κ1) is 7.34. The zero-order chi connectivity index (χ0) is 7.97. The largest absolute Gasteiger partial charge is 0.311 e. The Balaban J connectivity index is 1.65. The normalized spacial score (nSPS) is 47.5. The molecule has 0 aliphatic carbocycles. The summed E-state index contributed by atoms with van der Waals surface area (Å²) in [6.45, 7) is 2.76. The second-order valence-corrected chi connectivity index (χ2v) is 4.65. The Labute approximate surface area is 74.3 Å². The molecule has 68 valence electrons. The highest BCUT2D eigenvalue weighted by molar-refractivity contribution is 4.96. The fourth-order valence-electron chi connectivity index (χ4n) is 3.03. The zero-order valence-corrected chi connectivity index (χ0v) is 7.63. The van der Waals surface area contributed by atoms with Gasteiger partial charge in [-0.25, -0.2) is 0 Å². The predicted molar refractivity (Wildman–Crippen MR) is 49.2 cm³/mol. The first-order valence-electron chi connectivity index (χ1n) is 5.42. The van der Waals surface area contributed by atoms with Gasteiger partial charge < -0.3 is 10.2 Å². The third kappa shape index (κ3) is 1.09. The third-order valence-corrected chi connectivity index (χ3v) is 3.86. The summed E-state index contributed by atoms with van der Waals surface area (Å²) < 4.78 is 0. The van der Waals surface area contributed by atoms with Crippen LogP contribution in [0, 0.1) is 0 Å². The van der Waals surface area contributed by atoms with Gasteiger partial charge in [-0.05, 0) is 45.2 Å². The number of piperidine rings is 1. The molecule has 2 atom stereocenters. The van der Waals surface area contributed by atoms with E-state index in [2.05, 4.69) is 10.2 Å². The van der Waals surface area contributed by atoms with Gasteiger partial charge in [0.1, 0.15) is 0 Å². The minimum atomic E-state index is 0.870. The Morgan fingerprint density at radius 2 is 1.67 bits per heavy atom. The smallest absolute Gasteiger partial charge is 0.0125 e. The van der Waals surface area contributed by atoms with Gasteiger partial charge in [0.2, 0.25) is 0 Å². The van der Waals surface area contributed by atoms with Crippen molar-refractivity contribution in [3.63, 3.8) is 0 Å². The molecule has 0 radical (unpaired) electrons. The molecule has 3 aliphatic rings. The molecule has 2 bridgehead atoms. The number of hydrogen-bond donors (Lipinski definition) is 1. The van der Waals surface area contributed by atoms with Crippen LogP contribution in [0.15, 0.2) is 0 Å². The summed E-state index contributed by atoms with van der Waals surface area (Å²) in [4.78, 5) is 2.69. The lowest BCUT2D eigenvalue weighted by atomic mass is 9.96. The van der Waals surface area contributed by atoms with E-state index in [0.29, 0.717) is 0 Å². The lowest BCUT2D eigenvalue weighted by Crippen LogP contribution is -2.52. The van der Waals surface area contributed by atoms with Crippen LogP contribution in [0.2, 0.25) is 0 Å². The molecule has 3 saturated heterocycles. The molecule has 0 spiro atoms. The highest BCUT2D eigenvalue weighted by atomic mass is 15.2. The summed E-state index contributed by atoms with van der Waals surface area (Å²) in [5.74, 6) is 0. The van der Waals surface area contributed by atoms with E-state index in [1.165, 1.54) is 45.2 Å². The van der Waals surface area contributed by atoms with Crippen molar-refractivity contribution in [2.75, 3.05) is 13.1 Å². The molecule has 2 unspecified atom stereocenters. The van der Waals surface area contributed by atoms with Gasteiger partial charge in [0.05, 0.1) is 0 Å². The SMILES string of the molecule is C1CN(C2CC3CCC(C2)N3)C1. The van der Waals surface area contributed by atoms with Crippen molar-refractivity contribution < 1.29 is 0 Å². The molecule has 3 aliphatic heterocycles. The number of likely N-dealkylation sites (tertiary alicyclic amines) is 1. The van der Waals surface area contributed by atoms with E-state index in [1.54, 1.807) is 0 Å². The summed E-state index contributed by atoms with van der Waals surface area (Å²) >= 11 is 0. The van der Waals surface area contributed by atoms with Gasteiger partial charge in [0.25, 0.3) is 0 Å². The van der Waals surface area contributed by atoms with E-state index in [-0.39, 0.29) is 0 Å². The minimum Gasteiger partial charge on any atom is -0.311 e. The standard InChI is InChI=1S/C10H18N2/c1-4-12(5-1)10-6-8-2-3-9(7-10)11-8/h8-11H,1-7H2. The van der Waals surface area contributed by atoms with Crippen molar-refractivity contribution in [2.45, 2.75) is 50.2 Å². The maximum absolute atomic E-state index is 3.70. The molecule has 0 amide bonds. The van der Waals surface area contributed by atoms with E-state index in [1.807, 2.05) is 0 Å². The number of fused-ring (bicyclic) bond motifs is 2. The minimum absolute atomic E-state index is 0.870. The first-order valence-corrected chi connectivity index (χ1v) is 5.42. The molecule has 2 nitrogen and oxygen atoms in total. The maximum atomic E-state index is 3.70. The van der Waals surface area contributed by atoms with Crippen molar-refractivity contribution in [2.24, 2.45) is 0 Å². The average molecular weight is 166 g/mol. The Morgan fingerprint density at radius 1 is 1.00 bits per heavy atom. The summed E-state index contributed by atoms with van der Waals surface area (Å²) in [7, 11) is 0. The molecule has 0 aromatic rings. The number of nitrogens with one attached hydrogen (secondary N) is 1. The van der Waals surface area contributed by atoms with Crippen LogP contribution < -0.4 is 5.32 Å². The number of rotatable bonds is 1. The quantitative estimate of drug-likeness (QED) is 0.624. The molecular formula is C10H18N2. The van der Waals surface area contributed by atoms with E-state index in [0.717, 1.165) is 18.1 Å². The van der Waals surface area contributed by atoms with Crippen LogP contribution in [-0.4, -0.2) is 36.1 Å². The van der Waals surface area contributed by atoms with Gasteiger partial charge in [-0.3, -0.25) is 0 Å². The Morgan fingerprint density at radius 3 is 2.17 bits per heavy atom. The topological polar surface area (TPSA) is 15.3 Å². The van der Waals surface area contributed by atoms with Crippen LogP contribution in [0.4, 0.5) is 0 Å². The van der Waals surface area contributed by atoms with E-state index >= 15 is 0 Å². The molecular weight excluding hydrogens is 148 g/mol. The van der Waals surface area contributed by atoms with Crippen LogP contribution >= 0.6 is 0 Å². The van der Waals surface area contributed by atoms with Crippen LogP contribution in [-0.2, 0) is 0 Å². The molecule has 12 heavy (non-hydrogen) atoms. The lowest BCUT2D eigenvalue weighted by Gasteiger charge is -2.42. The molecule has 3 heterocycles. The maximum Gasteiger partial charge on any atom is 0.0125 e. The van der Waals surface area contributed by atoms with Crippen molar-refractivity contribution in [1.29, 1.82) is 0 Å². The monoisotopic (exact) mass is 166 g/mol. The second-order valence-electron chi connectivity index (χ2n) is 4.65. The molecule has 2 heteroatoms. The van der Waals surface area contributed by atoms with Crippen molar-refractivity contribution in [3.05, 3.63) is 0 Å². The van der Waals surface area contributed by atoms with Crippen molar-refractivity contribution in [3.8, 4) is 0 Å². The fraction of sp³-hybridized carbons (Fsp3) is 1.00. The lowest BCUT2D eigenvalue weighted by molar-refractivity contribution is 0.0819. The molecule has 1 N–H and O–H groups in total. The predicted octanol–water partition coefficient (Wildman–Crippen LogP) is 0.975. The Kier molecular flexibility index (Phi) is 1.66. The molecule has 3 rings (SSSR count). The highest BCUT2D eigenvalue weighted by Crippen LogP contribution is 2.31. The van der Waals surface area contributed by atoms with Crippen LogP contribution in [0.25, 0.3) is 0 Å². The summed E-state index contributed by atoms with van der Waals surface area (Å²) in [5, 5.41) is 3.70. The molecule has 0 saturated carbocycles. The van der Waals surface area contributed by atoms with E-state index < -0.39 is 0 Å². The average Bonchev–Trinajstić information content (AvgIpc) is 2.27. The molecule has 0 aromatic carbocycles. The van der Waals surface area contributed by atoms with Gasteiger partial charge in [-0.15, -0.1) is 0 Å².